The van der Waals surface area contributed by atoms with Crippen LogP contribution in [0.25, 0.3) is 0 Å². The van der Waals surface area contributed by atoms with Gasteiger partial charge in [-0.15, -0.1) is 23.5 Å². The molecule has 2 aromatic rings. The molecule has 1 fully saturated rings. The highest BCUT2D eigenvalue weighted by Gasteiger charge is 2.16. The van der Waals surface area contributed by atoms with Gasteiger partial charge in [0.15, 0.2) is 6.61 Å². The number of ether oxygens (including phenoxy) is 1. The highest BCUT2D eigenvalue weighted by atomic mass is 32.2. The Balaban J connectivity index is 1.45. The van der Waals surface area contributed by atoms with Gasteiger partial charge in [0.25, 0.3) is 5.91 Å². The number of hydrogen-bond donors (Lipinski definition) is 2. The van der Waals surface area contributed by atoms with Gasteiger partial charge in [-0.3, -0.25) is 9.59 Å². The van der Waals surface area contributed by atoms with E-state index in [4.69, 9.17) is 4.74 Å². The van der Waals surface area contributed by atoms with Gasteiger partial charge in [0, 0.05) is 12.1 Å². The van der Waals surface area contributed by atoms with E-state index in [9.17, 15) is 9.59 Å². The first-order chi connectivity index (χ1) is 14.5. The molecule has 0 aromatic heterocycles. The van der Waals surface area contributed by atoms with Crippen LogP contribution in [-0.4, -0.2) is 29.9 Å². The molecule has 2 aromatic carbocycles. The molecule has 2 amide bonds. The number of rotatable bonds is 8. The van der Waals surface area contributed by atoms with Gasteiger partial charge < -0.3 is 15.4 Å². The van der Waals surface area contributed by atoms with Crippen LogP contribution in [0.15, 0.2) is 48.5 Å². The van der Waals surface area contributed by atoms with Crippen LogP contribution in [0.2, 0.25) is 0 Å². The van der Waals surface area contributed by atoms with Crippen molar-refractivity contribution in [2.45, 2.75) is 37.3 Å². The van der Waals surface area contributed by atoms with E-state index in [-0.39, 0.29) is 24.5 Å². The fraction of sp³-hybridized carbons (Fsp3) is 0.391. The van der Waals surface area contributed by atoms with Gasteiger partial charge in [0.1, 0.15) is 5.75 Å². The standard InChI is InChI=1S/C23H28N2O3S2/c1-3-21(26)25-19-9-5-17(6-10-19)16(2)24-22(27)15-28-20-11-7-18(8-12-20)23-29-13-4-14-30-23/h5-12,16,23H,3-4,13-15H2,1-2H3,(H,24,27)(H,25,26). The minimum absolute atomic E-state index is 0.0227. The van der Waals surface area contributed by atoms with Crippen LogP contribution in [-0.2, 0) is 9.59 Å². The first-order valence-corrected chi connectivity index (χ1v) is 12.3. The number of nitrogens with one attached hydrogen (secondary N) is 2. The molecule has 160 valence electrons. The number of amides is 2. The minimum Gasteiger partial charge on any atom is -0.484 e. The predicted molar refractivity (Wildman–Crippen MR) is 126 cm³/mol. The maximum Gasteiger partial charge on any atom is 0.258 e. The minimum atomic E-state index is -0.173. The van der Waals surface area contributed by atoms with Gasteiger partial charge in [0.2, 0.25) is 5.91 Å². The summed E-state index contributed by atoms with van der Waals surface area (Å²) in [6, 6.07) is 15.4. The van der Waals surface area contributed by atoms with E-state index in [1.807, 2.05) is 73.8 Å². The molecular formula is C23H28N2O3S2. The van der Waals surface area contributed by atoms with Crippen molar-refractivity contribution >= 4 is 41.0 Å². The summed E-state index contributed by atoms with van der Waals surface area (Å²) in [4.78, 5) is 23.7. The molecular weight excluding hydrogens is 416 g/mol. The molecule has 1 aliphatic heterocycles. The van der Waals surface area contributed by atoms with Crippen molar-refractivity contribution in [3.8, 4) is 5.75 Å². The number of thioether (sulfide) groups is 2. The van der Waals surface area contributed by atoms with Crippen LogP contribution in [0.4, 0.5) is 5.69 Å². The summed E-state index contributed by atoms with van der Waals surface area (Å²) in [5.41, 5.74) is 3.01. The summed E-state index contributed by atoms with van der Waals surface area (Å²) in [6.45, 7) is 3.71. The summed E-state index contributed by atoms with van der Waals surface area (Å²) >= 11 is 3.97. The predicted octanol–water partition coefficient (Wildman–Crippen LogP) is 5.16. The molecule has 1 atom stereocenters. The Bertz CT molecular complexity index is 835. The lowest BCUT2D eigenvalue weighted by molar-refractivity contribution is -0.123. The van der Waals surface area contributed by atoms with E-state index < -0.39 is 0 Å². The van der Waals surface area contributed by atoms with Crippen LogP contribution in [0.5, 0.6) is 5.75 Å². The molecule has 7 heteroatoms. The van der Waals surface area contributed by atoms with E-state index in [1.54, 1.807) is 0 Å². The molecule has 3 rings (SSSR count). The van der Waals surface area contributed by atoms with Gasteiger partial charge in [-0.25, -0.2) is 0 Å². The van der Waals surface area contributed by atoms with Crippen LogP contribution in [0.1, 0.15) is 48.4 Å². The average Bonchev–Trinajstić information content (AvgIpc) is 2.79. The largest absolute Gasteiger partial charge is 0.484 e. The third kappa shape index (κ3) is 6.71. The summed E-state index contributed by atoms with van der Waals surface area (Å²) in [5.74, 6) is 2.93. The van der Waals surface area contributed by atoms with Gasteiger partial charge >= 0.3 is 0 Å². The van der Waals surface area contributed by atoms with E-state index in [1.165, 1.54) is 23.5 Å². The van der Waals surface area contributed by atoms with Crippen LogP contribution in [0, 0.1) is 0 Å². The van der Waals surface area contributed by atoms with E-state index in [0.717, 1.165) is 11.3 Å². The van der Waals surface area contributed by atoms with Gasteiger partial charge in [-0.1, -0.05) is 31.2 Å². The van der Waals surface area contributed by atoms with Crippen LogP contribution in [0.3, 0.4) is 0 Å². The molecule has 1 unspecified atom stereocenters. The number of carbonyl (C=O) groups excluding carboxylic acids is 2. The monoisotopic (exact) mass is 444 g/mol. The fourth-order valence-corrected chi connectivity index (χ4v) is 5.92. The van der Waals surface area contributed by atoms with Crippen LogP contribution >= 0.6 is 23.5 Å². The van der Waals surface area contributed by atoms with Crippen molar-refractivity contribution < 1.29 is 14.3 Å². The zero-order chi connectivity index (χ0) is 21.3. The third-order valence-corrected chi connectivity index (χ3v) is 7.76. The first-order valence-electron chi connectivity index (χ1n) is 10.2. The molecule has 5 nitrogen and oxygen atoms in total. The van der Waals surface area contributed by atoms with Gasteiger partial charge in [-0.2, -0.15) is 0 Å². The highest BCUT2D eigenvalue weighted by Crippen LogP contribution is 2.43. The number of carbonyl (C=O) groups is 2. The lowest BCUT2D eigenvalue weighted by Gasteiger charge is -2.21. The van der Waals surface area contributed by atoms with Gasteiger partial charge in [-0.05, 0) is 60.2 Å². The molecule has 0 aliphatic carbocycles. The first kappa shape index (κ1) is 22.6. The molecule has 2 N–H and O–H groups in total. The topological polar surface area (TPSA) is 67.4 Å². The molecule has 0 radical (unpaired) electrons. The Morgan fingerprint density at radius 1 is 1.03 bits per heavy atom. The second-order valence-corrected chi connectivity index (χ2v) is 9.82. The molecule has 0 bridgehead atoms. The Morgan fingerprint density at radius 2 is 1.70 bits per heavy atom. The second kappa shape index (κ2) is 11.3. The maximum atomic E-state index is 12.3. The quantitative estimate of drug-likeness (QED) is 0.589. The SMILES string of the molecule is CCC(=O)Nc1ccc(C(C)NC(=O)COc2ccc(C3SCCCS3)cc2)cc1. The summed E-state index contributed by atoms with van der Waals surface area (Å²) in [7, 11) is 0. The average molecular weight is 445 g/mol. The second-order valence-electron chi connectivity index (χ2n) is 7.10. The Labute approximate surface area is 186 Å². The Hall–Kier alpha value is -2.12. The normalized spacial score (nSPS) is 15.3. The van der Waals surface area contributed by atoms with E-state index in [2.05, 4.69) is 22.8 Å². The van der Waals surface area contributed by atoms with E-state index >= 15 is 0 Å². The van der Waals surface area contributed by atoms with E-state index in [0.29, 0.717) is 16.8 Å². The van der Waals surface area contributed by atoms with Crippen molar-refractivity contribution in [2.75, 3.05) is 23.4 Å². The summed E-state index contributed by atoms with van der Waals surface area (Å²) < 4.78 is 6.15. The van der Waals surface area contributed by atoms with Crippen LogP contribution < -0.4 is 15.4 Å². The molecule has 1 saturated heterocycles. The van der Waals surface area contributed by atoms with Gasteiger partial charge in [0.05, 0.1) is 10.6 Å². The Kier molecular flexibility index (Phi) is 8.51. The van der Waals surface area contributed by atoms with Crippen molar-refractivity contribution in [3.63, 3.8) is 0 Å². The summed E-state index contributed by atoms with van der Waals surface area (Å²) in [6.07, 6.45) is 1.72. The highest BCUT2D eigenvalue weighted by molar-refractivity contribution is 8.16. The van der Waals surface area contributed by atoms with Crippen molar-refractivity contribution in [1.29, 1.82) is 0 Å². The lowest BCUT2D eigenvalue weighted by Crippen LogP contribution is -2.31. The number of anilines is 1. The van der Waals surface area contributed by atoms with Crippen molar-refractivity contribution in [2.24, 2.45) is 0 Å². The smallest absolute Gasteiger partial charge is 0.258 e. The number of benzene rings is 2. The number of hydrogen-bond acceptors (Lipinski definition) is 5. The lowest BCUT2D eigenvalue weighted by atomic mass is 10.1. The van der Waals surface area contributed by atoms with Crippen molar-refractivity contribution in [3.05, 3.63) is 59.7 Å². The Morgan fingerprint density at radius 3 is 2.33 bits per heavy atom. The molecule has 1 aliphatic rings. The molecule has 30 heavy (non-hydrogen) atoms. The fourth-order valence-electron chi connectivity index (χ4n) is 3.02. The molecule has 0 spiro atoms. The summed E-state index contributed by atoms with van der Waals surface area (Å²) in [5, 5.41) is 5.76. The maximum absolute atomic E-state index is 12.3. The molecule has 0 saturated carbocycles. The van der Waals surface area contributed by atoms with Crippen molar-refractivity contribution in [1.82, 2.24) is 5.32 Å². The third-order valence-electron chi connectivity index (χ3n) is 4.74. The zero-order valence-corrected chi connectivity index (χ0v) is 19.0. The zero-order valence-electron chi connectivity index (χ0n) is 17.4. The molecule has 1 heterocycles.